The summed E-state index contributed by atoms with van der Waals surface area (Å²) in [7, 11) is 1.96. The molecule has 0 aliphatic heterocycles. The second-order valence-corrected chi connectivity index (χ2v) is 5.37. The van der Waals surface area contributed by atoms with Crippen LogP contribution in [0.2, 0.25) is 5.02 Å². The topological polar surface area (TPSA) is 55.9 Å². The number of nitrogens with two attached hydrogens (primary N) is 1. The van der Waals surface area contributed by atoms with E-state index in [1.54, 1.807) is 6.20 Å². The van der Waals surface area contributed by atoms with Crippen LogP contribution in [0.3, 0.4) is 0 Å². The Morgan fingerprint density at radius 2 is 2.33 bits per heavy atom. The average Bonchev–Trinajstić information content (AvgIpc) is 2.75. The van der Waals surface area contributed by atoms with Crippen molar-refractivity contribution in [3.63, 3.8) is 0 Å². The van der Waals surface area contributed by atoms with Gasteiger partial charge in [-0.25, -0.2) is 4.98 Å². The summed E-state index contributed by atoms with van der Waals surface area (Å²) in [6.07, 6.45) is 4.35. The molecule has 0 fully saturated rings. The standard InChI is InChI=1S/C12H14BrClN4/c1-18-5-4-16-12(18)7-11(17-15)9-6-8(13)2-3-10(9)14/h2-6,11,17H,7,15H2,1H3. The molecule has 1 heterocycles. The number of halogens is 2. The molecule has 0 bridgehead atoms. The fourth-order valence-electron chi connectivity index (χ4n) is 1.82. The first kappa shape index (κ1) is 13.5. The van der Waals surface area contributed by atoms with E-state index in [1.165, 1.54) is 0 Å². The van der Waals surface area contributed by atoms with Gasteiger partial charge in [-0.3, -0.25) is 11.3 Å². The van der Waals surface area contributed by atoms with Crippen molar-refractivity contribution in [3.8, 4) is 0 Å². The minimum atomic E-state index is -0.0731. The van der Waals surface area contributed by atoms with Crippen molar-refractivity contribution in [2.24, 2.45) is 12.9 Å². The molecule has 3 N–H and O–H groups in total. The maximum atomic E-state index is 6.21. The van der Waals surface area contributed by atoms with Gasteiger partial charge in [0.25, 0.3) is 0 Å². The summed E-state index contributed by atoms with van der Waals surface area (Å²) in [5.41, 5.74) is 3.75. The van der Waals surface area contributed by atoms with Crippen molar-refractivity contribution in [1.82, 2.24) is 15.0 Å². The third kappa shape index (κ3) is 2.92. The van der Waals surface area contributed by atoms with Crippen molar-refractivity contribution in [2.75, 3.05) is 0 Å². The summed E-state index contributed by atoms with van der Waals surface area (Å²) in [6.45, 7) is 0. The lowest BCUT2D eigenvalue weighted by atomic mass is 10.0. The van der Waals surface area contributed by atoms with E-state index < -0.39 is 0 Å². The van der Waals surface area contributed by atoms with Gasteiger partial charge in [0.05, 0.1) is 6.04 Å². The number of aromatic nitrogens is 2. The first-order chi connectivity index (χ1) is 8.61. The van der Waals surface area contributed by atoms with Crippen LogP contribution >= 0.6 is 27.5 Å². The van der Waals surface area contributed by atoms with Crippen molar-refractivity contribution in [2.45, 2.75) is 12.5 Å². The Bertz CT molecular complexity index is 541. The number of nitrogens with zero attached hydrogens (tertiary/aromatic N) is 2. The molecule has 1 atom stereocenters. The number of imidazole rings is 1. The molecule has 0 saturated heterocycles. The van der Waals surface area contributed by atoms with Crippen LogP contribution in [0.4, 0.5) is 0 Å². The molecule has 18 heavy (non-hydrogen) atoms. The maximum absolute atomic E-state index is 6.21. The van der Waals surface area contributed by atoms with Crippen molar-refractivity contribution < 1.29 is 0 Å². The Balaban J connectivity index is 2.28. The van der Waals surface area contributed by atoms with E-state index in [0.717, 1.165) is 15.9 Å². The molecule has 1 aromatic heterocycles. The maximum Gasteiger partial charge on any atom is 0.110 e. The number of hydrogen-bond donors (Lipinski definition) is 2. The van der Waals surface area contributed by atoms with E-state index in [1.807, 2.05) is 36.0 Å². The van der Waals surface area contributed by atoms with E-state index in [2.05, 4.69) is 26.3 Å². The molecular weight excluding hydrogens is 316 g/mol. The third-order valence-electron chi connectivity index (χ3n) is 2.84. The number of aryl methyl sites for hydroxylation is 1. The fraction of sp³-hybridized carbons (Fsp3) is 0.250. The van der Waals surface area contributed by atoms with Gasteiger partial charge >= 0.3 is 0 Å². The molecule has 4 nitrogen and oxygen atoms in total. The highest BCUT2D eigenvalue weighted by Gasteiger charge is 2.16. The van der Waals surface area contributed by atoms with Crippen molar-refractivity contribution >= 4 is 27.5 Å². The summed E-state index contributed by atoms with van der Waals surface area (Å²) < 4.78 is 2.94. The number of benzene rings is 1. The number of hydrazine groups is 1. The smallest absolute Gasteiger partial charge is 0.110 e. The van der Waals surface area contributed by atoms with Crippen molar-refractivity contribution in [3.05, 3.63) is 51.5 Å². The zero-order valence-electron chi connectivity index (χ0n) is 9.90. The molecule has 6 heteroatoms. The molecule has 2 aromatic rings. The van der Waals surface area contributed by atoms with Crippen LogP contribution in [0.1, 0.15) is 17.4 Å². The molecule has 0 amide bonds. The minimum absolute atomic E-state index is 0.0731. The van der Waals surface area contributed by atoms with Gasteiger partial charge in [0.2, 0.25) is 0 Å². The summed E-state index contributed by atoms with van der Waals surface area (Å²) in [5.74, 6) is 6.58. The van der Waals surface area contributed by atoms with Gasteiger partial charge in [-0.1, -0.05) is 27.5 Å². The van der Waals surface area contributed by atoms with Crippen molar-refractivity contribution in [1.29, 1.82) is 0 Å². The molecule has 0 aliphatic rings. The van der Waals surface area contributed by atoms with Crippen LogP contribution in [0.25, 0.3) is 0 Å². The number of nitrogens with one attached hydrogen (secondary N) is 1. The molecule has 1 unspecified atom stereocenters. The Hall–Kier alpha value is -0.880. The highest BCUT2D eigenvalue weighted by atomic mass is 79.9. The lowest BCUT2D eigenvalue weighted by molar-refractivity contribution is 0.530. The Morgan fingerprint density at radius 1 is 1.56 bits per heavy atom. The van der Waals surface area contributed by atoms with Gasteiger partial charge in [0, 0.05) is 35.4 Å². The lowest BCUT2D eigenvalue weighted by Gasteiger charge is -2.17. The van der Waals surface area contributed by atoms with Gasteiger partial charge in [0.1, 0.15) is 5.82 Å². The van der Waals surface area contributed by atoms with E-state index >= 15 is 0 Å². The van der Waals surface area contributed by atoms with E-state index in [-0.39, 0.29) is 6.04 Å². The van der Waals surface area contributed by atoms with E-state index in [4.69, 9.17) is 17.4 Å². The second-order valence-electron chi connectivity index (χ2n) is 4.04. The fourth-order valence-corrected chi connectivity index (χ4v) is 2.44. The highest BCUT2D eigenvalue weighted by molar-refractivity contribution is 9.10. The number of rotatable bonds is 4. The molecule has 0 spiro atoms. The van der Waals surface area contributed by atoms with E-state index in [9.17, 15) is 0 Å². The summed E-state index contributed by atoms with van der Waals surface area (Å²) >= 11 is 9.64. The SMILES string of the molecule is Cn1ccnc1CC(NN)c1cc(Br)ccc1Cl. The molecule has 1 aromatic carbocycles. The largest absolute Gasteiger partial charge is 0.338 e. The summed E-state index contributed by atoms with van der Waals surface area (Å²) in [6, 6.07) is 5.65. The molecule has 0 radical (unpaired) electrons. The van der Waals surface area contributed by atoms with Gasteiger partial charge in [-0.05, 0) is 23.8 Å². The lowest BCUT2D eigenvalue weighted by Crippen LogP contribution is -2.30. The minimum Gasteiger partial charge on any atom is -0.338 e. The van der Waals surface area contributed by atoms with Crippen LogP contribution < -0.4 is 11.3 Å². The quantitative estimate of drug-likeness (QED) is 0.669. The van der Waals surface area contributed by atoms with Crippen LogP contribution in [-0.4, -0.2) is 9.55 Å². The normalized spacial score (nSPS) is 12.7. The van der Waals surface area contributed by atoms with Gasteiger partial charge in [-0.2, -0.15) is 0 Å². The molecule has 96 valence electrons. The average molecular weight is 330 g/mol. The molecular formula is C12H14BrClN4. The second kappa shape index (κ2) is 5.84. The molecule has 0 aliphatic carbocycles. The first-order valence-corrected chi connectivity index (χ1v) is 6.66. The van der Waals surface area contributed by atoms with Crippen LogP contribution in [0, 0.1) is 0 Å². The predicted octanol–water partition coefficient (Wildman–Crippen LogP) is 2.58. The predicted molar refractivity (Wildman–Crippen MR) is 76.1 cm³/mol. The zero-order chi connectivity index (χ0) is 13.1. The van der Waals surface area contributed by atoms with Gasteiger partial charge in [-0.15, -0.1) is 0 Å². The Morgan fingerprint density at radius 3 is 2.94 bits per heavy atom. The van der Waals surface area contributed by atoms with Crippen LogP contribution in [0.5, 0.6) is 0 Å². The first-order valence-electron chi connectivity index (χ1n) is 5.49. The third-order valence-corrected chi connectivity index (χ3v) is 3.68. The monoisotopic (exact) mass is 328 g/mol. The zero-order valence-corrected chi connectivity index (χ0v) is 12.2. The Kier molecular flexibility index (Phi) is 4.40. The molecule has 0 saturated carbocycles. The van der Waals surface area contributed by atoms with E-state index in [0.29, 0.717) is 11.4 Å². The summed E-state index contributed by atoms with van der Waals surface area (Å²) in [5, 5.41) is 0.690. The summed E-state index contributed by atoms with van der Waals surface area (Å²) in [4.78, 5) is 4.29. The molecule has 2 rings (SSSR count). The van der Waals surface area contributed by atoms with Gasteiger partial charge in [0.15, 0.2) is 0 Å². The Labute approximate surface area is 119 Å². The van der Waals surface area contributed by atoms with Crippen LogP contribution in [0.15, 0.2) is 35.1 Å². The number of hydrogen-bond acceptors (Lipinski definition) is 3. The highest BCUT2D eigenvalue weighted by Crippen LogP contribution is 2.28. The van der Waals surface area contributed by atoms with Crippen LogP contribution in [-0.2, 0) is 13.5 Å². The van der Waals surface area contributed by atoms with Gasteiger partial charge < -0.3 is 4.57 Å².